The van der Waals surface area contributed by atoms with E-state index in [-0.39, 0.29) is 28.5 Å². The third kappa shape index (κ3) is 8.23. The van der Waals surface area contributed by atoms with Crippen molar-refractivity contribution in [3.63, 3.8) is 0 Å². The van der Waals surface area contributed by atoms with Gasteiger partial charge >= 0.3 is 0 Å². The largest absolute Gasteiger partial charge is 0.493 e. The SMILES string of the molecule is CCC(C)(C)c1ccc(OCCCCNC(=O)C2CSC(c3ccc(F)cc3)N2C(=O)c2ccccc2Cl)c(C(C)(C)CC)c1. The molecule has 3 aromatic rings. The quantitative estimate of drug-likeness (QED) is 0.187. The van der Waals surface area contributed by atoms with Crippen LogP contribution < -0.4 is 10.1 Å². The normalized spacial score (nSPS) is 16.9. The number of unbranched alkanes of at least 4 members (excludes halogenated alkanes) is 1. The molecule has 1 heterocycles. The van der Waals surface area contributed by atoms with Crippen LogP contribution in [-0.2, 0) is 15.6 Å². The maximum atomic E-state index is 13.8. The second-order valence-corrected chi connectivity index (χ2v) is 14.5. The third-order valence-corrected chi connectivity index (χ3v) is 10.8. The number of hydrogen-bond donors (Lipinski definition) is 1. The maximum absolute atomic E-state index is 13.8. The second kappa shape index (κ2) is 15.0. The van der Waals surface area contributed by atoms with E-state index in [1.807, 2.05) is 0 Å². The molecule has 2 atom stereocenters. The lowest BCUT2D eigenvalue weighted by atomic mass is 9.76. The minimum atomic E-state index is -0.685. The zero-order valence-electron chi connectivity index (χ0n) is 27.3. The monoisotopic (exact) mass is 652 g/mol. The van der Waals surface area contributed by atoms with Gasteiger partial charge in [0.25, 0.3) is 5.91 Å². The van der Waals surface area contributed by atoms with Gasteiger partial charge in [-0.1, -0.05) is 89.5 Å². The Morgan fingerprint density at radius 1 is 0.978 bits per heavy atom. The van der Waals surface area contributed by atoms with Crippen LogP contribution in [0.2, 0.25) is 5.02 Å². The number of ether oxygens (including phenoxy) is 1. The number of carbonyl (C=O) groups excluding carboxylic acids is 2. The van der Waals surface area contributed by atoms with Crippen LogP contribution in [0.5, 0.6) is 5.75 Å². The molecule has 0 aliphatic carbocycles. The smallest absolute Gasteiger partial charge is 0.257 e. The number of nitrogens with one attached hydrogen (secondary N) is 1. The van der Waals surface area contributed by atoms with Crippen molar-refractivity contribution in [3.8, 4) is 5.75 Å². The van der Waals surface area contributed by atoms with E-state index in [0.29, 0.717) is 29.5 Å². The molecule has 5 nitrogen and oxygen atoms in total. The molecule has 0 aromatic heterocycles. The minimum absolute atomic E-state index is 0.0124. The summed E-state index contributed by atoms with van der Waals surface area (Å²) in [6.45, 7) is 14.5. The Morgan fingerprint density at radius 3 is 2.33 bits per heavy atom. The lowest BCUT2D eigenvalue weighted by Crippen LogP contribution is -2.48. The first-order valence-corrected chi connectivity index (χ1v) is 17.3. The van der Waals surface area contributed by atoms with Gasteiger partial charge in [-0.15, -0.1) is 11.8 Å². The molecule has 1 N–H and O–H groups in total. The Morgan fingerprint density at radius 2 is 1.67 bits per heavy atom. The van der Waals surface area contributed by atoms with E-state index < -0.39 is 11.4 Å². The first-order valence-electron chi connectivity index (χ1n) is 15.9. The van der Waals surface area contributed by atoms with Gasteiger partial charge in [-0.3, -0.25) is 9.59 Å². The van der Waals surface area contributed by atoms with Crippen LogP contribution in [0, 0.1) is 5.82 Å². The molecular formula is C37H46ClFN2O3S. The van der Waals surface area contributed by atoms with Crippen molar-refractivity contribution in [3.05, 3.63) is 99.8 Å². The molecule has 4 rings (SSSR count). The predicted molar refractivity (Wildman–Crippen MR) is 184 cm³/mol. The summed E-state index contributed by atoms with van der Waals surface area (Å²) in [6.07, 6.45) is 3.57. The maximum Gasteiger partial charge on any atom is 0.257 e. The summed E-state index contributed by atoms with van der Waals surface area (Å²) < 4.78 is 20.0. The fraction of sp³-hybridized carbons (Fsp3) is 0.459. The van der Waals surface area contributed by atoms with Crippen molar-refractivity contribution in [1.82, 2.24) is 10.2 Å². The van der Waals surface area contributed by atoms with E-state index in [2.05, 4.69) is 65.1 Å². The summed E-state index contributed by atoms with van der Waals surface area (Å²) >= 11 is 7.86. The second-order valence-electron chi connectivity index (χ2n) is 13.0. The number of benzene rings is 3. The van der Waals surface area contributed by atoms with Crippen LogP contribution in [0.3, 0.4) is 0 Å². The van der Waals surface area contributed by atoms with Gasteiger partial charge in [0.15, 0.2) is 0 Å². The Kier molecular flexibility index (Phi) is 11.6. The molecule has 45 heavy (non-hydrogen) atoms. The van der Waals surface area contributed by atoms with E-state index in [1.165, 1.54) is 35.0 Å². The van der Waals surface area contributed by atoms with Crippen LogP contribution in [0.4, 0.5) is 4.39 Å². The average Bonchev–Trinajstić information content (AvgIpc) is 3.48. The zero-order valence-corrected chi connectivity index (χ0v) is 28.9. The van der Waals surface area contributed by atoms with Gasteiger partial charge in [0.05, 0.1) is 17.2 Å². The number of rotatable bonds is 13. The molecule has 2 amide bonds. The number of hydrogen-bond acceptors (Lipinski definition) is 4. The molecule has 242 valence electrons. The molecule has 0 radical (unpaired) electrons. The summed E-state index contributed by atoms with van der Waals surface area (Å²) in [6, 6.07) is 18.8. The van der Waals surface area contributed by atoms with Gasteiger partial charge in [-0.25, -0.2) is 4.39 Å². The summed E-state index contributed by atoms with van der Waals surface area (Å²) in [7, 11) is 0. The van der Waals surface area contributed by atoms with Crippen LogP contribution in [0.25, 0.3) is 0 Å². The van der Waals surface area contributed by atoms with Gasteiger partial charge in [0.2, 0.25) is 5.91 Å². The molecule has 0 bridgehead atoms. The molecule has 1 saturated heterocycles. The van der Waals surface area contributed by atoms with Crippen molar-refractivity contribution in [2.24, 2.45) is 0 Å². The van der Waals surface area contributed by atoms with Crippen molar-refractivity contribution in [2.75, 3.05) is 18.9 Å². The minimum Gasteiger partial charge on any atom is -0.493 e. The highest BCUT2D eigenvalue weighted by molar-refractivity contribution is 7.99. The van der Waals surface area contributed by atoms with Gasteiger partial charge < -0.3 is 15.0 Å². The van der Waals surface area contributed by atoms with E-state index >= 15 is 0 Å². The molecule has 8 heteroatoms. The first-order chi connectivity index (χ1) is 21.4. The van der Waals surface area contributed by atoms with E-state index in [9.17, 15) is 14.0 Å². The van der Waals surface area contributed by atoms with Gasteiger partial charge in [-0.2, -0.15) is 0 Å². The number of amides is 2. The molecule has 1 aliphatic rings. The summed E-state index contributed by atoms with van der Waals surface area (Å²) in [5.74, 6) is 0.451. The van der Waals surface area contributed by atoms with E-state index in [1.54, 1.807) is 41.3 Å². The number of thioether (sulfide) groups is 1. The van der Waals surface area contributed by atoms with Crippen molar-refractivity contribution in [1.29, 1.82) is 0 Å². The Balaban J connectivity index is 1.38. The van der Waals surface area contributed by atoms with Gasteiger partial charge in [-0.05, 0) is 78.0 Å². The zero-order chi connectivity index (χ0) is 32.8. The molecule has 0 saturated carbocycles. The van der Waals surface area contributed by atoms with E-state index in [0.717, 1.165) is 37.0 Å². The number of nitrogens with zero attached hydrogens (tertiary/aromatic N) is 1. The lowest BCUT2D eigenvalue weighted by molar-refractivity contribution is -0.124. The number of halogens is 2. The summed E-state index contributed by atoms with van der Waals surface area (Å²) in [5.41, 5.74) is 3.73. The molecule has 1 fully saturated rings. The van der Waals surface area contributed by atoms with Crippen LogP contribution in [0.1, 0.15) is 99.6 Å². The van der Waals surface area contributed by atoms with Crippen LogP contribution in [-0.4, -0.2) is 41.7 Å². The van der Waals surface area contributed by atoms with Crippen molar-refractivity contribution >= 4 is 35.2 Å². The summed E-state index contributed by atoms with van der Waals surface area (Å²) in [4.78, 5) is 28.8. The number of carbonyl (C=O) groups is 2. The molecule has 0 spiro atoms. The molecule has 3 aromatic carbocycles. The van der Waals surface area contributed by atoms with Crippen molar-refractivity contribution < 1.29 is 18.7 Å². The van der Waals surface area contributed by atoms with E-state index in [4.69, 9.17) is 16.3 Å². The van der Waals surface area contributed by atoms with Crippen LogP contribution >= 0.6 is 23.4 Å². The molecular weight excluding hydrogens is 607 g/mol. The molecule has 1 aliphatic heterocycles. The Bertz CT molecular complexity index is 1480. The standard InChI is InChI=1S/C37H46ClFN2O3S/c1-7-36(3,4)26-17-20-32(29(23-26)37(5,6)8-2)44-22-12-11-21-40-33(42)31-24-45-35(25-15-18-27(39)19-16-25)41(31)34(43)28-13-9-10-14-30(28)38/h9-10,13-20,23,31,35H,7-8,11-12,21-22,24H2,1-6H3,(H,40,42). The van der Waals surface area contributed by atoms with Crippen molar-refractivity contribution in [2.45, 2.75) is 89.5 Å². The highest BCUT2D eigenvalue weighted by Gasteiger charge is 2.43. The third-order valence-electron chi connectivity index (χ3n) is 9.18. The van der Waals surface area contributed by atoms with Gasteiger partial charge in [0.1, 0.15) is 23.0 Å². The molecule has 2 unspecified atom stereocenters. The highest BCUT2D eigenvalue weighted by atomic mass is 35.5. The van der Waals surface area contributed by atoms with Crippen LogP contribution in [0.15, 0.2) is 66.7 Å². The fourth-order valence-corrected chi connectivity index (χ4v) is 7.00. The average molecular weight is 653 g/mol. The highest BCUT2D eigenvalue weighted by Crippen LogP contribution is 2.43. The Labute approximate surface area is 277 Å². The summed E-state index contributed by atoms with van der Waals surface area (Å²) in [5, 5.41) is 2.92. The fourth-order valence-electron chi connectivity index (χ4n) is 5.35. The predicted octanol–water partition coefficient (Wildman–Crippen LogP) is 9.09. The topological polar surface area (TPSA) is 58.6 Å². The Hall–Kier alpha value is -3.03. The van der Waals surface area contributed by atoms with Gasteiger partial charge in [0, 0.05) is 17.9 Å². The first kappa shape index (κ1) is 34.8. The lowest BCUT2D eigenvalue weighted by Gasteiger charge is -2.30.